The largest absolute Gasteiger partial charge is 0.396 e. The lowest BCUT2D eigenvalue weighted by Crippen LogP contribution is -2.27. The number of aliphatic hydroxyl groups excluding tert-OH is 1. The fourth-order valence-electron chi connectivity index (χ4n) is 5.24. The Hall–Kier alpha value is -2.66. The quantitative estimate of drug-likeness (QED) is 0.138. The predicted octanol–water partition coefficient (Wildman–Crippen LogP) is 0.696. The first-order valence-electron chi connectivity index (χ1n) is 12.8. The van der Waals surface area contributed by atoms with Crippen molar-refractivity contribution >= 4 is 64.1 Å². The van der Waals surface area contributed by atoms with Crippen molar-refractivity contribution in [3.8, 4) is 0 Å². The molecule has 4 aromatic heterocycles. The van der Waals surface area contributed by atoms with Crippen LogP contribution in [0.5, 0.6) is 0 Å². The molecule has 3 unspecified atom stereocenters. The molecule has 0 radical (unpaired) electrons. The second kappa shape index (κ2) is 12.1. The molecule has 6 rings (SSSR count). The van der Waals surface area contributed by atoms with Gasteiger partial charge >= 0.3 is 0 Å². The molecule has 0 saturated carbocycles. The lowest BCUT2D eigenvalue weighted by molar-refractivity contribution is -0.0320. The van der Waals surface area contributed by atoms with Crippen molar-refractivity contribution in [2.75, 3.05) is 30.8 Å². The summed E-state index contributed by atoms with van der Waals surface area (Å²) in [5, 5.41) is 17.0. The third-order valence-electron chi connectivity index (χ3n) is 7.29. The number of hydrogen-bond donors (Lipinski definition) is 4. The second-order valence-electron chi connectivity index (χ2n) is 9.73. The highest BCUT2D eigenvalue weighted by Gasteiger charge is 2.48. The van der Waals surface area contributed by atoms with Crippen molar-refractivity contribution in [3.05, 3.63) is 23.0 Å². The fourth-order valence-corrected chi connectivity index (χ4v) is 8.04. The van der Waals surface area contributed by atoms with Gasteiger partial charge in [0.15, 0.2) is 35.0 Å². The Morgan fingerprint density at radius 1 is 1.19 bits per heavy atom. The summed E-state index contributed by atoms with van der Waals surface area (Å²) in [4.78, 5) is 30.8. The van der Waals surface area contributed by atoms with E-state index in [-0.39, 0.29) is 38.3 Å². The van der Waals surface area contributed by atoms with Crippen molar-refractivity contribution in [3.63, 3.8) is 0 Å². The molecule has 0 bridgehead atoms. The number of aromatic amines is 1. The monoisotopic (exact) mass is 645 g/mol. The van der Waals surface area contributed by atoms with Crippen molar-refractivity contribution in [2.24, 2.45) is 11.8 Å². The van der Waals surface area contributed by atoms with E-state index >= 15 is 8.78 Å². The number of ether oxygens (including phenoxy) is 1. The SMILES string of the molecule is Nc1nc2c(nnn2[C@@H]2SC(OPCC[C@H]3[C@H](F)[C@H](n4cnc5c(N)ncnc54)O[C@@H]3COP)[C@@H](F)[C@H]2CO)c(=O)[nH]1. The normalized spacial score (nSPS) is 30.0. The van der Waals surface area contributed by atoms with Crippen LogP contribution in [0.4, 0.5) is 20.5 Å². The van der Waals surface area contributed by atoms with Crippen LogP contribution in [0.15, 0.2) is 17.4 Å². The molecule has 2 aliphatic heterocycles. The van der Waals surface area contributed by atoms with Crippen LogP contribution in [0.25, 0.3) is 22.3 Å². The first-order chi connectivity index (χ1) is 20.3. The Kier molecular flexibility index (Phi) is 8.51. The smallest absolute Gasteiger partial charge is 0.282 e. The first kappa shape index (κ1) is 29.4. The van der Waals surface area contributed by atoms with Gasteiger partial charge in [0.25, 0.3) is 5.56 Å². The Labute approximate surface area is 243 Å². The minimum absolute atomic E-state index is 0.0513. The highest BCUT2D eigenvalue weighted by Crippen LogP contribution is 2.50. The number of nitrogens with zero attached hydrogens (tertiary/aromatic N) is 8. The summed E-state index contributed by atoms with van der Waals surface area (Å²) in [6.07, 6.45) is -1.04. The summed E-state index contributed by atoms with van der Waals surface area (Å²) >= 11 is 1.09. The average molecular weight is 646 g/mol. The Morgan fingerprint density at radius 3 is 2.81 bits per heavy atom. The van der Waals surface area contributed by atoms with E-state index < -0.39 is 59.5 Å². The van der Waals surface area contributed by atoms with E-state index in [9.17, 15) is 9.90 Å². The summed E-state index contributed by atoms with van der Waals surface area (Å²) in [5.41, 5.74) is 10.7. The topological polar surface area (TPSA) is 220 Å². The summed E-state index contributed by atoms with van der Waals surface area (Å²) in [6.45, 7) is -0.361. The molecule has 21 heteroatoms. The minimum atomic E-state index is -1.55. The van der Waals surface area contributed by atoms with Gasteiger partial charge in [-0.2, -0.15) is 4.98 Å². The van der Waals surface area contributed by atoms with Crippen LogP contribution >= 0.6 is 30.0 Å². The summed E-state index contributed by atoms with van der Waals surface area (Å²) in [7, 11) is 1.97. The molecule has 0 aliphatic carbocycles. The van der Waals surface area contributed by atoms with Gasteiger partial charge in [0.05, 0.1) is 25.6 Å². The third-order valence-corrected chi connectivity index (χ3v) is 10.0. The molecule has 0 spiro atoms. The van der Waals surface area contributed by atoms with Gasteiger partial charge in [0.1, 0.15) is 28.8 Å². The number of nitrogen functional groups attached to an aromatic ring is 2. The maximum atomic E-state index is 15.8. The van der Waals surface area contributed by atoms with Gasteiger partial charge < -0.3 is 30.4 Å². The number of halogens is 2. The molecule has 226 valence electrons. The molecule has 42 heavy (non-hydrogen) atoms. The highest BCUT2D eigenvalue weighted by atomic mass is 32.2. The van der Waals surface area contributed by atoms with E-state index in [1.54, 1.807) is 0 Å². The number of nitrogens with one attached hydrogen (secondary N) is 1. The lowest BCUT2D eigenvalue weighted by Gasteiger charge is -2.19. The van der Waals surface area contributed by atoms with E-state index in [1.165, 1.54) is 21.9 Å². The summed E-state index contributed by atoms with van der Waals surface area (Å²) < 4.78 is 51.0. The Balaban J connectivity index is 1.11. The standard InChI is InChI=1S/C21H27F2N11O5P2S/c22-10-7(9(4-37-40)38-18(10)33-6-28-12-14(24)26-5-27-15(12)33)1-2-41-39-20-11(23)8(3-35)19(42-20)34-16-13(31-32-34)17(36)30-21(25)29-16/h5-11,18-20,35,41H,1-4,40H2,(H2,24,26,27)(H3,25,29,30,36)/t7-,8-,9-,10+,11+,18-,19-,20?/m1/s1. The number of nitrogens with two attached hydrogens (primary N) is 2. The van der Waals surface area contributed by atoms with E-state index in [0.29, 0.717) is 23.7 Å². The van der Waals surface area contributed by atoms with Crippen molar-refractivity contribution < 1.29 is 27.7 Å². The van der Waals surface area contributed by atoms with E-state index in [1.807, 2.05) is 0 Å². The van der Waals surface area contributed by atoms with Crippen molar-refractivity contribution in [2.45, 2.75) is 41.9 Å². The molecule has 10 atom stereocenters. The fraction of sp³-hybridized carbons (Fsp3) is 0.571. The average Bonchev–Trinajstić information content (AvgIpc) is 3.72. The van der Waals surface area contributed by atoms with Gasteiger partial charge in [-0.05, 0) is 12.6 Å². The van der Waals surface area contributed by atoms with E-state index in [0.717, 1.165) is 11.8 Å². The molecule has 2 aliphatic rings. The molecule has 0 aromatic carbocycles. The molecule has 16 nitrogen and oxygen atoms in total. The Bertz CT molecular complexity index is 1630. The highest BCUT2D eigenvalue weighted by molar-refractivity contribution is 8.00. The van der Waals surface area contributed by atoms with Crippen LogP contribution in [-0.2, 0) is 13.8 Å². The maximum Gasteiger partial charge on any atom is 0.282 e. The molecule has 0 amide bonds. The summed E-state index contributed by atoms with van der Waals surface area (Å²) in [6, 6.07) is 0. The molecule has 2 fully saturated rings. The number of rotatable bonds is 10. The van der Waals surface area contributed by atoms with Crippen LogP contribution in [0.1, 0.15) is 18.0 Å². The van der Waals surface area contributed by atoms with E-state index in [4.69, 9.17) is 25.3 Å². The molecule has 4 aromatic rings. The van der Waals surface area contributed by atoms with Crippen LogP contribution in [0.2, 0.25) is 0 Å². The Morgan fingerprint density at radius 2 is 2.02 bits per heavy atom. The van der Waals surface area contributed by atoms with Gasteiger partial charge in [-0.3, -0.25) is 14.3 Å². The van der Waals surface area contributed by atoms with Crippen LogP contribution in [-0.4, -0.2) is 92.8 Å². The van der Waals surface area contributed by atoms with Gasteiger partial charge in [-0.1, -0.05) is 17.0 Å². The van der Waals surface area contributed by atoms with Gasteiger partial charge in [0, 0.05) is 30.1 Å². The third kappa shape index (κ3) is 5.20. The first-order valence-corrected chi connectivity index (χ1v) is 15.3. The number of thioether (sulfide) groups is 1. The molecule has 2 saturated heterocycles. The van der Waals surface area contributed by atoms with Crippen LogP contribution < -0.4 is 17.0 Å². The zero-order valence-corrected chi connectivity index (χ0v) is 24.6. The summed E-state index contributed by atoms with van der Waals surface area (Å²) in [5.74, 6) is -1.41. The number of fused-ring (bicyclic) bond motifs is 2. The number of anilines is 2. The number of aliphatic hydroxyl groups is 1. The molecule has 6 N–H and O–H groups in total. The van der Waals surface area contributed by atoms with Crippen molar-refractivity contribution in [1.82, 2.24) is 44.5 Å². The van der Waals surface area contributed by atoms with Crippen LogP contribution in [0.3, 0.4) is 0 Å². The zero-order valence-electron chi connectivity index (χ0n) is 21.7. The van der Waals surface area contributed by atoms with Crippen molar-refractivity contribution in [1.29, 1.82) is 0 Å². The maximum absolute atomic E-state index is 15.8. The minimum Gasteiger partial charge on any atom is -0.396 e. The molecule has 6 heterocycles. The zero-order chi connectivity index (χ0) is 29.5. The van der Waals surface area contributed by atoms with E-state index in [2.05, 4.69) is 44.7 Å². The predicted molar refractivity (Wildman–Crippen MR) is 153 cm³/mol. The second-order valence-corrected chi connectivity index (χ2v) is 12.3. The number of H-pyrrole nitrogens is 1. The van der Waals surface area contributed by atoms with Gasteiger partial charge in [0.2, 0.25) is 5.95 Å². The number of imidazole rings is 1. The van der Waals surface area contributed by atoms with Gasteiger partial charge in [-0.15, -0.1) is 5.10 Å². The number of alkyl halides is 2. The molecular weight excluding hydrogens is 618 g/mol. The number of hydrogen-bond acceptors (Lipinski definition) is 14. The molecular formula is C21H27F2N11O5P2S. The van der Waals surface area contributed by atoms with Gasteiger partial charge in [-0.25, -0.2) is 28.4 Å². The number of aromatic nitrogens is 9. The lowest BCUT2D eigenvalue weighted by atomic mass is 9.96. The van der Waals surface area contributed by atoms with Crippen LogP contribution in [0, 0.1) is 11.8 Å².